The second kappa shape index (κ2) is 6.75. The molecule has 6 heteroatoms. The number of rotatable bonds is 2. The van der Waals surface area contributed by atoms with E-state index in [-0.39, 0.29) is 29.3 Å². The number of ether oxygens (including phenoxy) is 1. The van der Waals surface area contributed by atoms with Gasteiger partial charge in [-0.05, 0) is 12.8 Å². The second-order valence-electron chi connectivity index (χ2n) is 6.91. The van der Waals surface area contributed by atoms with Gasteiger partial charge in [0.05, 0.1) is 13.2 Å². The van der Waals surface area contributed by atoms with Gasteiger partial charge in [0.1, 0.15) is 6.04 Å². The van der Waals surface area contributed by atoms with E-state index in [0.717, 1.165) is 32.5 Å². The Bertz CT molecular complexity index is 378. The molecule has 2 aliphatic heterocycles. The van der Waals surface area contributed by atoms with Crippen LogP contribution >= 0.6 is 0 Å². The molecular formula is C15H27N3O3. The molecule has 1 unspecified atom stereocenters. The van der Waals surface area contributed by atoms with Gasteiger partial charge in [0, 0.05) is 31.1 Å². The minimum atomic E-state index is -0.334. The van der Waals surface area contributed by atoms with Crippen LogP contribution in [0.25, 0.3) is 0 Å². The zero-order valence-corrected chi connectivity index (χ0v) is 13.3. The van der Waals surface area contributed by atoms with Gasteiger partial charge in [0.25, 0.3) is 0 Å². The van der Waals surface area contributed by atoms with E-state index >= 15 is 0 Å². The molecule has 1 atom stereocenters. The fourth-order valence-corrected chi connectivity index (χ4v) is 2.74. The molecule has 0 aliphatic carbocycles. The van der Waals surface area contributed by atoms with Crippen molar-refractivity contribution in [1.29, 1.82) is 0 Å². The molecule has 0 spiro atoms. The number of morpholine rings is 1. The number of likely N-dealkylation sites (tertiary alicyclic amines) is 1. The summed E-state index contributed by atoms with van der Waals surface area (Å²) in [6.45, 7) is 9.08. The van der Waals surface area contributed by atoms with Gasteiger partial charge < -0.3 is 20.3 Å². The van der Waals surface area contributed by atoms with Crippen LogP contribution in [0.2, 0.25) is 0 Å². The Balaban J connectivity index is 1.76. The molecule has 0 saturated carbocycles. The highest BCUT2D eigenvalue weighted by atomic mass is 16.5. The molecule has 2 N–H and O–H groups in total. The number of piperidine rings is 1. The maximum Gasteiger partial charge on any atom is 0.239 e. The van der Waals surface area contributed by atoms with Crippen molar-refractivity contribution in [2.75, 3.05) is 32.8 Å². The first-order valence-electron chi connectivity index (χ1n) is 7.79. The minimum absolute atomic E-state index is 0.00954. The van der Waals surface area contributed by atoms with Crippen LogP contribution in [0.4, 0.5) is 0 Å². The van der Waals surface area contributed by atoms with E-state index in [9.17, 15) is 9.59 Å². The van der Waals surface area contributed by atoms with Gasteiger partial charge in [0.15, 0.2) is 0 Å². The summed E-state index contributed by atoms with van der Waals surface area (Å²) in [5.41, 5.74) is -0.334. The standard InChI is InChI=1S/C15H27N3O3/c1-15(2,3)14(20)18-7-4-11(5-8-18)17-13(19)12-10-21-9-6-16-12/h11-12,16H,4-10H2,1-3H3,(H,17,19). The maximum atomic E-state index is 12.2. The highest BCUT2D eigenvalue weighted by molar-refractivity contribution is 5.83. The number of nitrogens with zero attached hydrogens (tertiary/aromatic N) is 1. The van der Waals surface area contributed by atoms with Crippen LogP contribution in [0.1, 0.15) is 33.6 Å². The summed E-state index contributed by atoms with van der Waals surface area (Å²) in [5.74, 6) is 0.199. The lowest BCUT2D eigenvalue weighted by Crippen LogP contribution is -2.55. The number of carbonyl (C=O) groups is 2. The summed E-state index contributed by atoms with van der Waals surface area (Å²) in [6, 6.07) is -0.0850. The zero-order chi connectivity index (χ0) is 15.5. The SMILES string of the molecule is CC(C)(C)C(=O)N1CCC(NC(=O)C2COCCN2)CC1. The summed E-state index contributed by atoms with van der Waals surface area (Å²) >= 11 is 0. The van der Waals surface area contributed by atoms with E-state index in [4.69, 9.17) is 4.74 Å². The second-order valence-corrected chi connectivity index (χ2v) is 6.91. The van der Waals surface area contributed by atoms with Gasteiger partial charge >= 0.3 is 0 Å². The van der Waals surface area contributed by atoms with E-state index < -0.39 is 0 Å². The quantitative estimate of drug-likeness (QED) is 0.760. The molecule has 0 aromatic rings. The summed E-state index contributed by atoms with van der Waals surface area (Å²) in [6.07, 6.45) is 1.64. The van der Waals surface area contributed by atoms with Crippen LogP contribution in [0.3, 0.4) is 0 Å². The molecule has 0 aromatic carbocycles. The molecule has 2 rings (SSSR count). The Kier molecular flexibility index (Phi) is 5.22. The Morgan fingerprint density at radius 2 is 1.90 bits per heavy atom. The number of hydrogen-bond donors (Lipinski definition) is 2. The molecule has 2 amide bonds. The number of nitrogens with one attached hydrogen (secondary N) is 2. The molecule has 2 fully saturated rings. The van der Waals surface area contributed by atoms with Crippen LogP contribution in [0.5, 0.6) is 0 Å². The topological polar surface area (TPSA) is 70.7 Å². The highest BCUT2D eigenvalue weighted by Gasteiger charge is 2.31. The van der Waals surface area contributed by atoms with Crippen molar-refractivity contribution in [3.8, 4) is 0 Å². The lowest BCUT2D eigenvalue weighted by molar-refractivity contribution is -0.140. The monoisotopic (exact) mass is 297 g/mol. The van der Waals surface area contributed by atoms with Crippen molar-refractivity contribution >= 4 is 11.8 Å². The molecule has 0 radical (unpaired) electrons. The number of carbonyl (C=O) groups excluding carboxylic acids is 2. The summed E-state index contributed by atoms with van der Waals surface area (Å²) < 4.78 is 5.30. The van der Waals surface area contributed by atoms with E-state index in [1.165, 1.54) is 0 Å². The number of amides is 2. The Hall–Kier alpha value is -1.14. The predicted octanol–water partition coefficient (Wildman–Crippen LogP) is 0.128. The van der Waals surface area contributed by atoms with Crippen molar-refractivity contribution in [3.63, 3.8) is 0 Å². The first kappa shape index (κ1) is 16.2. The van der Waals surface area contributed by atoms with Crippen LogP contribution in [-0.2, 0) is 14.3 Å². The lowest BCUT2D eigenvalue weighted by atomic mass is 9.93. The smallest absolute Gasteiger partial charge is 0.239 e. The van der Waals surface area contributed by atoms with Crippen molar-refractivity contribution in [1.82, 2.24) is 15.5 Å². The Labute approximate surface area is 126 Å². The molecular weight excluding hydrogens is 270 g/mol. The van der Waals surface area contributed by atoms with Gasteiger partial charge in [0.2, 0.25) is 11.8 Å². The van der Waals surface area contributed by atoms with Crippen molar-refractivity contribution in [2.24, 2.45) is 5.41 Å². The van der Waals surface area contributed by atoms with Crippen LogP contribution in [0.15, 0.2) is 0 Å². The Morgan fingerprint density at radius 1 is 1.24 bits per heavy atom. The molecule has 21 heavy (non-hydrogen) atoms. The van der Waals surface area contributed by atoms with E-state index in [1.54, 1.807) is 0 Å². The molecule has 0 aromatic heterocycles. The van der Waals surface area contributed by atoms with Crippen LogP contribution in [-0.4, -0.2) is 61.6 Å². The zero-order valence-electron chi connectivity index (χ0n) is 13.3. The fourth-order valence-electron chi connectivity index (χ4n) is 2.74. The molecule has 2 aliphatic rings. The van der Waals surface area contributed by atoms with Gasteiger partial charge in [-0.1, -0.05) is 20.8 Å². The fraction of sp³-hybridized carbons (Fsp3) is 0.867. The third-order valence-electron chi connectivity index (χ3n) is 4.01. The van der Waals surface area contributed by atoms with Crippen molar-refractivity contribution < 1.29 is 14.3 Å². The lowest BCUT2D eigenvalue weighted by Gasteiger charge is -2.36. The van der Waals surface area contributed by atoms with Gasteiger partial charge in [-0.3, -0.25) is 9.59 Å². The van der Waals surface area contributed by atoms with E-state index in [0.29, 0.717) is 13.2 Å². The third kappa shape index (κ3) is 4.41. The molecule has 2 heterocycles. The predicted molar refractivity (Wildman–Crippen MR) is 79.8 cm³/mol. The average molecular weight is 297 g/mol. The number of hydrogen-bond acceptors (Lipinski definition) is 4. The minimum Gasteiger partial charge on any atom is -0.378 e. The summed E-state index contributed by atoms with van der Waals surface area (Å²) in [7, 11) is 0. The van der Waals surface area contributed by atoms with Crippen LogP contribution < -0.4 is 10.6 Å². The molecule has 120 valence electrons. The molecule has 6 nitrogen and oxygen atoms in total. The normalized spacial score (nSPS) is 24.7. The maximum absolute atomic E-state index is 12.2. The summed E-state index contributed by atoms with van der Waals surface area (Å²) in [5, 5.41) is 6.22. The largest absolute Gasteiger partial charge is 0.378 e. The summed E-state index contributed by atoms with van der Waals surface area (Å²) in [4.78, 5) is 26.2. The van der Waals surface area contributed by atoms with E-state index in [1.807, 2.05) is 25.7 Å². The van der Waals surface area contributed by atoms with E-state index in [2.05, 4.69) is 10.6 Å². The van der Waals surface area contributed by atoms with Gasteiger partial charge in [-0.25, -0.2) is 0 Å². The average Bonchev–Trinajstić information content (AvgIpc) is 2.47. The van der Waals surface area contributed by atoms with Gasteiger partial charge in [-0.15, -0.1) is 0 Å². The first-order valence-corrected chi connectivity index (χ1v) is 7.79. The third-order valence-corrected chi connectivity index (χ3v) is 4.01. The van der Waals surface area contributed by atoms with Crippen molar-refractivity contribution in [2.45, 2.75) is 45.7 Å². The molecule has 2 saturated heterocycles. The first-order chi connectivity index (χ1) is 9.88. The highest BCUT2D eigenvalue weighted by Crippen LogP contribution is 2.21. The van der Waals surface area contributed by atoms with Gasteiger partial charge in [-0.2, -0.15) is 0 Å². The van der Waals surface area contributed by atoms with Crippen molar-refractivity contribution in [3.05, 3.63) is 0 Å². The Morgan fingerprint density at radius 3 is 2.43 bits per heavy atom. The molecule has 0 bridgehead atoms. The van der Waals surface area contributed by atoms with Crippen LogP contribution in [0, 0.1) is 5.41 Å².